The van der Waals surface area contributed by atoms with E-state index in [1.165, 1.54) is 6.92 Å². The van der Waals surface area contributed by atoms with Crippen molar-refractivity contribution >= 4 is 39.4 Å². The van der Waals surface area contributed by atoms with E-state index in [-0.39, 0.29) is 12.1 Å². The molecule has 0 saturated carbocycles. The maximum absolute atomic E-state index is 13.1. The number of hydrogen-bond donors (Lipinski definition) is 1. The molecule has 0 spiro atoms. The third-order valence-corrected chi connectivity index (χ3v) is 6.19. The molecule has 1 atom stereocenters. The number of para-hydroxylation sites is 2. The normalized spacial score (nSPS) is 16.8. The second-order valence-corrected chi connectivity index (χ2v) is 8.10. The average molecular weight is 399 g/mol. The van der Waals surface area contributed by atoms with Gasteiger partial charge in [0.15, 0.2) is 11.4 Å². The Balaban J connectivity index is 1.53. The number of fused-ring (bicyclic) bond motifs is 1. The highest BCUT2D eigenvalue weighted by molar-refractivity contribution is 7.83. The Labute approximate surface area is 165 Å². The minimum Gasteiger partial charge on any atom is -0.462 e. The molecular formula is C20H21N3O4S. The lowest BCUT2D eigenvalue weighted by Gasteiger charge is -2.30. The van der Waals surface area contributed by atoms with Crippen molar-refractivity contribution in [3.05, 3.63) is 48.5 Å². The van der Waals surface area contributed by atoms with E-state index < -0.39 is 11.0 Å². The first-order valence-electron chi connectivity index (χ1n) is 9.16. The summed E-state index contributed by atoms with van der Waals surface area (Å²) in [5.41, 5.74) is 1.41. The van der Waals surface area contributed by atoms with E-state index >= 15 is 0 Å². The Morgan fingerprint density at radius 2 is 1.93 bits per heavy atom. The standard InChI is InChI=1S/C20H21N3O4S/c1-14(24)26-16-10-12-23(13-11-16)28(25)18-9-5-8-17-19(18)27-22-20(17)21-15-6-3-2-4-7-15/h2-9,16H,10-13H2,1H3,(H,21,22). The Morgan fingerprint density at radius 3 is 2.64 bits per heavy atom. The fourth-order valence-corrected chi connectivity index (χ4v) is 4.63. The predicted octanol–water partition coefficient (Wildman–Crippen LogP) is 3.62. The number of rotatable bonds is 5. The second kappa shape index (κ2) is 8.12. The molecule has 1 aliphatic rings. The molecule has 0 amide bonds. The molecule has 1 fully saturated rings. The van der Waals surface area contributed by atoms with Gasteiger partial charge in [0.25, 0.3) is 0 Å². The maximum atomic E-state index is 13.1. The third kappa shape index (κ3) is 3.93. The van der Waals surface area contributed by atoms with Crippen molar-refractivity contribution in [2.75, 3.05) is 18.4 Å². The minimum absolute atomic E-state index is 0.103. The summed E-state index contributed by atoms with van der Waals surface area (Å²) in [7, 11) is -1.37. The number of nitrogens with one attached hydrogen (secondary N) is 1. The summed E-state index contributed by atoms with van der Waals surface area (Å²) < 4.78 is 25.8. The molecule has 0 bridgehead atoms. The first-order chi connectivity index (χ1) is 13.6. The molecule has 2 heterocycles. The van der Waals surface area contributed by atoms with E-state index in [0.29, 0.717) is 42.2 Å². The van der Waals surface area contributed by atoms with Crippen molar-refractivity contribution in [3.63, 3.8) is 0 Å². The van der Waals surface area contributed by atoms with Gasteiger partial charge in [-0.15, -0.1) is 0 Å². The van der Waals surface area contributed by atoms with Crippen molar-refractivity contribution in [2.24, 2.45) is 0 Å². The predicted molar refractivity (Wildman–Crippen MR) is 107 cm³/mol. The van der Waals surface area contributed by atoms with Crippen LogP contribution < -0.4 is 5.32 Å². The molecule has 1 N–H and O–H groups in total. The lowest BCUT2D eigenvalue weighted by atomic mass is 10.1. The van der Waals surface area contributed by atoms with Gasteiger partial charge in [-0.2, -0.15) is 0 Å². The van der Waals surface area contributed by atoms with Crippen molar-refractivity contribution in [1.29, 1.82) is 0 Å². The van der Waals surface area contributed by atoms with Crippen LogP contribution in [0.1, 0.15) is 19.8 Å². The smallest absolute Gasteiger partial charge is 0.302 e. The summed E-state index contributed by atoms with van der Waals surface area (Å²) in [4.78, 5) is 11.7. The van der Waals surface area contributed by atoms with Crippen molar-refractivity contribution in [1.82, 2.24) is 9.46 Å². The van der Waals surface area contributed by atoms with Crippen LogP contribution in [0.2, 0.25) is 0 Å². The van der Waals surface area contributed by atoms with Crippen molar-refractivity contribution in [2.45, 2.75) is 30.8 Å². The van der Waals surface area contributed by atoms with Crippen LogP contribution >= 0.6 is 0 Å². The summed E-state index contributed by atoms with van der Waals surface area (Å²) in [5.74, 6) is 0.318. The van der Waals surface area contributed by atoms with Gasteiger partial charge in [0.1, 0.15) is 22.0 Å². The van der Waals surface area contributed by atoms with Gasteiger partial charge in [-0.1, -0.05) is 29.4 Å². The topological polar surface area (TPSA) is 84.7 Å². The van der Waals surface area contributed by atoms with E-state index in [1.54, 1.807) is 6.07 Å². The van der Waals surface area contributed by atoms with Crippen molar-refractivity contribution in [3.8, 4) is 0 Å². The Bertz CT molecular complexity index is 997. The number of esters is 1. The van der Waals surface area contributed by atoms with Crippen LogP contribution in [-0.4, -0.2) is 38.8 Å². The largest absolute Gasteiger partial charge is 0.462 e. The molecule has 0 aliphatic carbocycles. The second-order valence-electron chi connectivity index (χ2n) is 6.64. The summed E-state index contributed by atoms with van der Waals surface area (Å²) in [5, 5.41) is 8.14. The summed E-state index contributed by atoms with van der Waals surface area (Å²) in [6.07, 6.45) is 1.23. The fraction of sp³-hybridized carbons (Fsp3) is 0.300. The molecule has 0 radical (unpaired) electrons. The monoisotopic (exact) mass is 399 g/mol. The van der Waals surface area contributed by atoms with Crippen LogP contribution in [0.15, 0.2) is 57.9 Å². The van der Waals surface area contributed by atoms with E-state index in [0.717, 1.165) is 11.1 Å². The van der Waals surface area contributed by atoms with Gasteiger partial charge in [-0.25, -0.2) is 8.51 Å². The minimum atomic E-state index is -1.37. The number of benzene rings is 2. The number of nitrogens with zero attached hydrogens (tertiary/aromatic N) is 2. The molecule has 28 heavy (non-hydrogen) atoms. The molecule has 1 aliphatic heterocycles. The first kappa shape index (κ1) is 18.6. The van der Waals surface area contributed by atoms with Crippen LogP contribution in [0.3, 0.4) is 0 Å². The van der Waals surface area contributed by atoms with Gasteiger partial charge < -0.3 is 14.6 Å². The number of piperidine rings is 1. The van der Waals surface area contributed by atoms with E-state index in [9.17, 15) is 9.00 Å². The number of ether oxygens (including phenoxy) is 1. The molecule has 146 valence electrons. The lowest BCUT2D eigenvalue weighted by Crippen LogP contribution is -2.38. The number of aromatic nitrogens is 1. The molecule has 1 saturated heterocycles. The van der Waals surface area contributed by atoms with Gasteiger partial charge in [-0.3, -0.25) is 4.79 Å². The SMILES string of the molecule is CC(=O)OC1CCN(S(=O)c2cccc3c(Nc4ccccc4)noc23)CC1. The number of carbonyl (C=O) groups is 1. The molecule has 8 heteroatoms. The molecule has 7 nitrogen and oxygen atoms in total. The number of carbonyl (C=O) groups excluding carboxylic acids is 1. The van der Waals surface area contributed by atoms with Gasteiger partial charge >= 0.3 is 5.97 Å². The zero-order valence-corrected chi connectivity index (χ0v) is 16.3. The number of anilines is 2. The molecular weight excluding hydrogens is 378 g/mol. The Kier molecular flexibility index (Phi) is 5.40. The van der Waals surface area contributed by atoms with E-state index in [4.69, 9.17) is 9.26 Å². The van der Waals surface area contributed by atoms with Crippen molar-refractivity contribution < 1.29 is 18.3 Å². The number of hydrogen-bond acceptors (Lipinski definition) is 6. The highest BCUT2D eigenvalue weighted by Crippen LogP contribution is 2.31. The molecule has 4 rings (SSSR count). The van der Waals surface area contributed by atoms with E-state index in [2.05, 4.69) is 10.5 Å². The van der Waals surface area contributed by atoms with Gasteiger partial charge in [0, 0.05) is 25.7 Å². The van der Waals surface area contributed by atoms with Crippen LogP contribution in [0, 0.1) is 0 Å². The zero-order valence-electron chi connectivity index (χ0n) is 15.5. The summed E-state index contributed by atoms with van der Waals surface area (Å²) in [6, 6.07) is 15.2. The van der Waals surface area contributed by atoms with Crippen LogP contribution in [0.4, 0.5) is 11.5 Å². The van der Waals surface area contributed by atoms with Crippen LogP contribution in [0.25, 0.3) is 11.0 Å². The molecule has 3 aromatic rings. The average Bonchev–Trinajstić information content (AvgIpc) is 3.11. The van der Waals surface area contributed by atoms with Gasteiger partial charge in [0.05, 0.1) is 5.39 Å². The lowest BCUT2D eigenvalue weighted by molar-refractivity contribution is -0.147. The summed E-state index contributed by atoms with van der Waals surface area (Å²) >= 11 is 0. The first-order valence-corrected chi connectivity index (χ1v) is 10.3. The maximum Gasteiger partial charge on any atom is 0.302 e. The van der Waals surface area contributed by atoms with Gasteiger partial charge in [-0.05, 0) is 37.1 Å². The molecule has 2 aromatic carbocycles. The summed E-state index contributed by atoms with van der Waals surface area (Å²) in [6.45, 7) is 2.59. The fourth-order valence-electron chi connectivity index (χ4n) is 3.31. The molecule has 1 unspecified atom stereocenters. The van der Waals surface area contributed by atoms with E-state index in [1.807, 2.05) is 46.8 Å². The van der Waals surface area contributed by atoms with Crippen LogP contribution in [0.5, 0.6) is 0 Å². The van der Waals surface area contributed by atoms with Gasteiger partial charge in [0.2, 0.25) is 0 Å². The third-order valence-electron chi connectivity index (χ3n) is 4.65. The highest BCUT2D eigenvalue weighted by Gasteiger charge is 2.27. The molecule has 1 aromatic heterocycles. The van der Waals surface area contributed by atoms with Crippen LogP contribution in [-0.2, 0) is 20.5 Å². The quantitative estimate of drug-likeness (QED) is 0.660. The zero-order chi connectivity index (χ0) is 19.5. The Hall–Kier alpha value is -2.71. The Morgan fingerprint density at radius 1 is 1.18 bits per heavy atom. The highest BCUT2D eigenvalue weighted by atomic mass is 32.2.